The Morgan fingerprint density at radius 3 is 2.73 bits per heavy atom. The molecule has 1 heterocycles. The van der Waals surface area contributed by atoms with Gasteiger partial charge in [-0.2, -0.15) is 0 Å². The Morgan fingerprint density at radius 2 is 2.05 bits per heavy atom. The number of rotatable bonds is 4. The average Bonchev–Trinajstić information content (AvgIpc) is 2.43. The number of ether oxygens (including phenoxy) is 1. The van der Waals surface area contributed by atoms with Crippen molar-refractivity contribution in [3.8, 4) is 5.75 Å². The molecule has 0 aliphatic carbocycles. The number of carbonyl (C=O) groups is 1. The number of hydrogen-bond acceptors (Lipinski definition) is 4. The van der Waals surface area contributed by atoms with Crippen LogP contribution in [-0.2, 0) is 6.54 Å². The molecule has 1 N–H and O–H groups in total. The van der Waals surface area contributed by atoms with Crippen LogP contribution in [0.1, 0.15) is 21.7 Å². The zero-order valence-electron chi connectivity index (χ0n) is 11.5. The van der Waals surface area contributed by atoms with Crippen LogP contribution in [0.3, 0.4) is 0 Å². The predicted molar refractivity (Wildman–Crippen MR) is 71.1 cm³/mol. The van der Waals surface area contributed by atoms with Crippen LogP contribution >= 0.6 is 0 Å². The number of amides is 1. The minimum atomic E-state index is -4.75. The van der Waals surface area contributed by atoms with E-state index in [0.29, 0.717) is 11.3 Å². The van der Waals surface area contributed by atoms with Crippen LogP contribution in [0, 0.1) is 6.92 Å². The summed E-state index contributed by atoms with van der Waals surface area (Å²) in [4.78, 5) is 19.6. The largest absolute Gasteiger partial charge is 0.573 e. The molecule has 0 atom stereocenters. The molecule has 22 heavy (non-hydrogen) atoms. The number of benzene rings is 1. The highest BCUT2D eigenvalue weighted by molar-refractivity contribution is 5.92. The predicted octanol–water partition coefficient (Wildman–Crippen LogP) is 2.61. The van der Waals surface area contributed by atoms with Gasteiger partial charge in [-0.25, -0.2) is 9.97 Å². The summed E-state index contributed by atoms with van der Waals surface area (Å²) in [5.74, 6) is -0.773. The summed E-state index contributed by atoms with van der Waals surface area (Å²) >= 11 is 0. The summed E-state index contributed by atoms with van der Waals surface area (Å²) in [6, 6.07) is 6.90. The smallest absolute Gasteiger partial charge is 0.406 e. The number of aromatic nitrogens is 2. The van der Waals surface area contributed by atoms with Crippen LogP contribution < -0.4 is 10.1 Å². The molecule has 0 spiro atoms. The maximum atomic E-state index is 12.1. The third kappa shape index (κ3) is 4.72. The summed E-state index contributed by atoms with van der Waals surface area (Å²) in [6.45, 7) is 1.77. The first-order valence-corrected chi connectivity index (χ1v) is 6.25. The molecule has 2 rings (SSSR count). The highest BCUT2D eigenvalue weighted by Crippen LogP contribution is 2.23. The van der Waals surface area contributed by atoms with Crippen molar-refractivity contribution in [2.24, 2.45) is 0 Å². The Balaban J connectivity index is 1.99. The molecule has 5 nitrogen and oxygen atoms in total. The molecule has 1 amide bonds. The number of halogens is 3. The fourth-order valence-electron chi connectivity index (χ4n) is 1.70. The Hall–Kier alpha value is -2.64. The summed E-state index contributed by atoms with van der Waals surface area (Å²) in [5, 5.41) is 2.57. The lowest BCUT2D eigenvalue weighted by Gasteiger charge is -2.10. The van der Waals surface area contributed by atoms with Gasteiger partial charge in [-0.3, -0.25) is 4.79 Å². The lowest BCUT2D eigenvalue weighted by atomic mass is 10.2. The van der Waals surface area contributed by atoms with E-state index >= 15 is 0 Å². The van der Waals surface area contributed by atoms with Gasteiger partial charge in [0.25, 0.3) is 5.91 Å². The first-order chi connectivity index (χ1) is 10.3. The molecule has 0 saturated carbocycles. The van der Waals surface area contributed by atoms with E-state index < -0.39 is 12.3 Å². The van der Waals surface area contributed by atoms with E-state index in [1.54, 1.807) is 13.0 Å². The van der Waals surface area contributed by atoms with Crippen LogP contribution in [0.15, 0.2) is 36.7 Å². The molecular weight excluding hydrogens is 299 g/mol. The first-order valence-electron chi connectivity index (χ1n) is 6.25. The number of carbonyl (C=O) groups excluding carboxylic acids is 1. The highest BCUT2D eigenvalue weighted by Gasteiger charge is 2.31. The van der Waals surface area contributed by atoms with Crippen molar-refractivity contribution >= 4 is 5.91 Å². The number of hydrogen-bond donors (Lipinski definition) is 1. The van der Waals surface area contributed by atoms with Gasteiger partial charge in [-0.05, 0) is 30.7 Å². The van der Waals surface area contributed by atoms with Gasteiger partial charge < -0.3 is 10.1 Å². The van der Waals surface area contributed by atoms with Crippen molar-refractivity contribution in [3.63, 3.8) is 0 Å². The Kier molecular flexibility index (Phi) is 4.59. The normalized spacial score (nSPS) is 11.1. The van der Waals surface area contributed by atoms with Crippen LogP contribution in [0.25, 0.3) is 0 Å². The molecule has 0 fully saturated rings. The standard InChI is InChI=1S/C14H12F3N3O2/c1-9-5-12(20-8-19-9)13(21)18-7-10-3-2-4-11(6-10)22-14(15,16)17/h2-6,8H,7H2,1H3,(H,18,21). The zero-order chi connectivity index (χ0) is 16.2. The fraction of sp³-hybridized carbons (Fsp3) is 0.214. The summed E-state index contributed by atoms with van der Waals surface area (Å²) in [7, 11) is 0. The lowest BCUT2D eigenvalue weighted by Crippen LogP contribution is -2.24. The van der Waals surface area contributed by atoms with E-state index in [9.17, 15) is 18.0 Å². The average molecular weight is 311 g/mol. The number of nitrogens with one attached hydrogen (secondary N) is 1. The van der Waals surface area contributed by atoms with Crippen LogP contribution in [-0.4, -0.2) is 22.2 Å². The topological polar surface area (TPSA) is 64.1 Å². The van der Waals surface area contributed by atoms with Gasteiger partial charge in [-0.15, -0.1) is 13.2 Å². The van der Waals surface area contributed by atoms with Crippen LogP contribution in [0.4, 0.5) is 13.2 Å². The van der Waals surface area contributed by atoms with Crippen molar-refractivity contribution < 1.29 is 22.7 Å². The molecule has 8 heteroatoms. The number of alkyl halides is 3. The van der Waals surface area contributed by atoms with Gasteiger partial charge in [0.15, 0.2) is 0 Å². The second-order valence-electron chi connectivity index (χ2n) is 4.42. The molecule has 0 saturated heterocycles. The van der Waals surface area contributed by atoms with E-state index in [1.807, 2.05) is 0 Å². The van der Waals surface area contributed by atoms with Crippen LogP contribution in [0.5, 0.6) is 5.75 Å². The summed E-state index contributed by atoms with van der Waals surface area (Å²) < 4.78 is 40.2. The second kappa shape index (κ2) is 6.42. The summed E-state index contributed by atoms with van der Waals surface area (Å²) in [5.41, 5.74) is 1.30. The fourth-order valence-corrected chi connectivity index (χ4v) is 1.70. The van der Waals surface area contributed by atoms with Crippen molar-refractivity contribution in [2.75, 3.05) is 0 Å². The van der Waals surface area contributed by atoms with E-state index in [-0.39, 0.29) is 18.0 Å². The minimum absolute atomic E-state index is 0.0525. The molecule has 0 radical (unpaired) electrons. The van der Waals surface area contributed by atoms with Gasteiger partial charge >= 0.3 is 6.36 Å². The van der Waals surface area contributed by atoms with E-state index in [2.05, 4.69) is 20.0 Å². The molecule has 0 bridgehead atoms. The molecule has 1 aromatic heterocycles. The molecule has 0 aliphatic heterocycles. The Morgan fingerprint density at radius 1 is 1.27 bits per heavy atom. The van der Waals surface area contributed by atoms with Crippen molar-refractivity contribution in [2.45, 2.75) is 19.8 Å². The monoisotopic (exact) mass is 311 g/mol. The van der Waals surface area contributed by atoms with Crippen molar-refractivity contribution in [1.82, 2.24) is 15.3 Å². The molecule has 116 valence electrons. The maximum Gasteiger partial charge on any atom is 0.573 e. The Bertz CT molecular complexity index is 674. The number of nitrogens with zero attached hydrogens (tertiary/aromatic N) is 2. The molecule has 0 aliphatic rings. The van der Waals surface area contributed by atoms with Gasteiger partial charge in [0.2, 0.25) is 0 Å². The Labute approximate surface area is 124 Å². The SMILES string of the molecule is Cc1cc(C(=O)NCc2cccc(OC(F)(F)F)c2)ncn1. The van der Waals surface area contributed by atoms with Gasteiger partial charge in [0, 0.05) is 12.2 Å². The van der Waals surface area contributed by atoms with Gasteiger partial charge in [0.1, 0.15) is 17.8 Å². The zero-order valence-corrected chi connectivity index (χ0v) is 11.5. The lowest BCUT2D eigenvalue weighted by molar-refractivity contribution is -0.274. The second-order valence-corrected chi connectivity index (χ2v) is 4.42. The molecule has 2 aromatic rings. The molecule has 1 aromatic carbocycles. The first kappa shape index (κ1) is 15.7. The quantitative estimate of drug-likeness (QED) is 0.942. The highest BCUT2D eigenvalue weighted by atomic mass is 19.4. The van der Waals surface area contributed by atoms with Gasteiger partial charge in [0.05, 0.1) is 0 Å². The third-order valence-corrected chi connectivity index (χ3v) is 2.62. The van der Waals surface area contributed by atoms with Crippen LogP contribution in [0.2, 0.25) is 0 Å². The van der Waals surface area contributed by atoms with E-state index in [1.165, 1.54) is 30.6 Å². The molecule has 0 unspecified atom stereocenters. The maximum absolute atomic E-state index is 12.1. The van der Waals surface area contributed by atoms with Crippen molar-refractivity contribution in [3.05, 3.63) is 53.6 Å². The van der Waals surface area contributed by atoms with E-state index in [4.69, 9.17) is 0 Å². The number of aryl methyl sites for hydroxylation is 1. The van der Waals surface area contributed by atoms with Gasteiger partial charge in [-0.1, -0.05) is 12.1 Å². The van der Waals surface area contributed by atoms with Crippen molar-refractivity contribution in [1.29, 1.82) is 0 Å². The third-order valence-electron chi connectivity index (χ3n) is 2.62. The summed E-state index contributed by atoms with van der Waals surface area (Å²) in [6.07, 6.45) is -3.48. The minimum Gasteiger partial charge on any atom is -0.406 e. The van der Waals surface area contributed by atoms with E-state index in [0.717, 1.165) is 0 Å². The molecular formula is C14H12F3N3O2.